The first-order valence-electron chi connectivity index (χ1n) is 11.9. The lowest BCUT2D eigenvalue weighted by Crippen LogP contribution is -2.28. The molecular formula is C28H32N2O3S. The first-order valence-corrected chi connectivity index (χ1v) is 13.4. The second-order valence-corrected chi connectivity index (χ2v) is 10.8. The summed E-state index contributed by atoms with van der Waals surface area (Å²) in [4.78, 5) is 13.2. The summed E-state index contributed by atoms with van der Waals surface area (Å²) in [7, 11) is -3.84. The predicted molar refractivity (Wildman–Crippen MR) is 137 cm³/mol. The minimum atomic E-state index is -3.84. The maximum Gasteiger partial charge on any atom is 0.262 e. The lowest BCUT2D eigenvalue weighted by molar-refractivity contribution is 0.0935. The average Bonchev–Trinajstić information content (AvgIpc) is 2.82. The molecule has 0 spiro atoms. The van der Waals surface area contributed by atoms with Gasteiger partial charge in [0.2, 0.25) is 0 Å². The summed E-state index contributed by atoms with van der Waals surface area (Å²) in [5, 5.41) is 3.11. The molecule has 0 fully saturated rings. The van der Waals surface area contributed by atoms with E-state index in [0.29, 0.717) is 16.8 Å². The number of fused-ring (bicyclic) bond motifs is 1. The quantitative estimate of drug-likeness (QED) is 0.448. The van der Waals surface area contributed by atoms with Crippen LogP contribution in [-0.4, -0.2) is 14.3 Å². The van der Waals surface area contributed by atoms with Gasteiger partial charge >= 0.3 is 0 Å². The average molecular weight is 477 g/mol. The van der Waals surface area contributed by atoms with Crippen LogP contribution in [0, 0.1) is 13.8 Å². The molecule has 1 aliphatic carbocycles. The van der Waals surface area contributed by atoms with E-state index in [2.05, 4.69) is 28.2 Å². The summed E-state index contributed by atoms with van der Waals surface area (Å²) in [6.45, 7) is 5.68. The summed E-state index contributed by atoms with van der Waals surface area (Å²) in [5.74, 6) is -0.281. The molecule has 0 heterocycles. The number of amides is 1. The third-order valence-corrected chi connectivity index (χ3v) is 8.02. The second kappa shape index (κ2) is 10.0. The number of aryl methyl sites for hydroxylation is 4. The van der Waals surface area contributed by atoms with Gasteiger partial charge in [0, 0.05) is 11.3 Å². The number of carbonyl (C=O) groups is 1. The molecule has 4 rings (SSSR count). The van der Waals surface area contributed by atoms with Gasteiger partial charge in [0.15, 0.2) is 0 Å². The lowest BCUT2D eigenvalue weighted by atomic mass is 9.88. The Morgan fingerprint density at radius 1 is 0.941 bits per heavy atom. The Balaban J connectivity index is 1.56. The Labute approximate surface area is 202 Å². The van der Waals surface area contributed by atoms with Gasteiger partial charge in [0.1, 0.15) is 0 Å². The van der Waals surface area contributed by atoms with Crippen LogP contribution in [0.25, 0.3) is 0 Å². The van der Waals surface area contributed by atoms with Gasteiger partial charge in [0.05, 0.1) is 10.9 Å². The van der Waals surface area contributed by atoms with E-state index in [-0.39, 0.29) is 16.8 Å². The number of benzene rings is 3. The van der Waals surface area contributed by atoms with Crippen molar-refractivity contribution >= 4 is 21.6 Å². The van der Waals surface area contributed by atoms with Crippen molar-refractivity contribution in [3.05, 3.63) is 94.0 Å². The predicted octanol–water partition coefficient (Wildman–Crippen LogP) is 5.86. The van der Waals surface area contributed by atoms with E-state index in [9.17, 15) is 13.2 Å². The van der Waals surface area contributed by atoms with Crippen LogP contribution in [0.3, 0.4) is 0 Å². The molecule has 1 atom stereocenters. The van der Waals surface area contributed by atoms with Crippen molar-refractivity contribution in [2.75, 3.05) is 4.72 Å². The van der Waals surface area contributed by atoms with Crippen molar-refractivity contribution in [1.29, 1.82) is 0 Å². The molecule has 0 saturated heterocycles. The van der Waals surface area contributed by atoms with E-state index in [1.165, 1.54) is 30.0 Å². The molecule has 6 heteroatoms. The molecule has 1 aliphatic rings. The van der Waals surface area contributed by atoms with Crippen molar-refractivity contribution < 1.29 is 13.2 Å². The minimum absolute atomic E-state index is 0.100. The van der Waals surface area contributed by atoms with Gasteiger partial charge < -0.3 is 5.32 Å². The summed E-state index contributed by atoms with van der Waals surface area (Å²) >= 11 is 0. The minimum Gasteiger partial charge on any atom is -0.345 e. The summed E-state index contributed by atoms with van der Waals surface area (Å²) in [6, 6.07) is 18.4. The van der Waals surface area contributed by atoms with Gasteiger partial charge in [-0.05, 0) is 98.0 Å². The summed E-state index contributed by atoms with van der Waals surface area (Å²) in [5.41, 5.74) is 6.24. The molecule has 1 amide bonds. The van der Waals surface area contributed by atoms with Crippen LogP contribution in [0.1, 0.15) is 70.4 Å². The van der Waals surface area contributed by atoms with Crippen molar-refractivity contribution in [3.8, 4) is 0 Å². The number of sulfonamides is 1. The number of hydrogen-bond acceptors (Lipinski definition) is 3. The number of anilines is 1. The molecule has 178 valence electrons. The van der Waals surface area contributed by atoms with Gasteiger partial charge in [-0.25, -0.2) is 8.42 Å². The van der Waals surface area contributed by atoms with E-state index in [1.54, 1.807) is 37.3 Å². The Morgan fingerprint density at radius 2 is 1.71 bits per heavy atom. The fourth-order valence-corrected chi connectivity index (χ4v) is 5.90. The van der Waals surface area contributed by atoms with E-state index < -0.39 is 10.0 Å². The van der Waals surface area contributed by atoms with E-state index in [4.69, 9.17) is 0 Å². The topological polar surface area (TPSA) is 75.3 Å². The smallest absolute Gasteiger partial charge is 0.262 e. The molecule has 0 saturated carbocycles. The van der Waals surface area contributed by atoms with E-state index in [1.807, 2.05) is 19.9 Å². The standard InChI is InChI=1S/C28H32N2O3S/c1-4-26(23-15-14-21-9-5-6-10-22(21)17-23)29-28(31)24-13-12-20(3)27(18-24)34(32,33)30-25-11-7-8-19(2)16-25/h7-8,11-18,26,30H,4-6,9-10H2,1-3H3,(H,29,31). The highest BCUT2D eigenvalue weighted by Crippen LogP contribution is 2.27. The fourth-order valence-electron chi connectivity index (χ4n) is 4.58. The highest BCUT2D eigenvalue weighted by Gasteiger charge is 2.21. The van der Waals surface area contributed by atoms with Gasteiger partial charge in [-0.1, -0.05) is 43.3 Å². The highest BCUT2D eigenvalue weighted by atomic mass is 32.2. The van der Waals surface area contributed by atoms with Crippen LogP contribution in [0.2, 0.25) is 0 Å². The third kappa shape index (κ3) is 5.33. The molecule has 0 bridgehead atoms. The molecule has 0 aromatic heterocycles. The fraction of sp³-hybridized carbons (Fsp3) is 0.321. The second-order valence-electron chi connectivity index (χ2n) is 9.12. The molecule has 1 unspecified atom stereocenters. The van der Waals surface area contributed by atoms with Crippen LogP contribution in [0.4, 0.5) is 5.69 Å². The Morgan fingerprint density at radius 3 is 2.44 bits per heavy atom. The van der Waals surface area contributed by atoms with Gasteiger partial charge in [-0.2, -0.15) is 0 Å². The Hall–Kier alpha value is -3.12. The monoisotopic (exact) mass is 476 g/mol. The summed E-state index contributed by atoms with van der Waals surface area (Å²) in [6.07, 6.45) is 5.39. The maximum absolute atomic E-state index is 13.1. The molecule has 2 N–H and O–H groups in total. The van der Waals surface area contributed by atoms with Crippen molar-refractivity contribution in [1.82, 2.24) is 5.32 Å². The largest absolute Gasteiger partial charge is 0.345 e. The zero-order chi connectivity index (χ0) is 24.3. The van der Waals surface area contributed by atoms with Gasteiger partial charge in [-0.15, -0.1) is 0 Å². The molecule has 3 aromatic carbocycles. The number of carbonyl (C=O) groups excluding carboxylic acids is 1. The Bertz CT molecular complexity index is 1310. The number of rotatable bonds is 7. The molecule has 0 radical (unpaired) electrons. The maximum atomic E-state index is 13.1. The lowest BCUT2D eigenvalue weighted by Gasteiger charge is -2.22. The van der Waals surface area contributed by atoms with Gasteiger partial charge in [0.25, 0.3) is 15.9 Å². The molecule has 5 nitrogen and oxygen atoms in total. The van der Waals surface area contributed by atoms with Crippen LogP contribution in [0.15, 0.2) is 65.6 Å². The first kappa shape index (κ1) is 24.0. The summed E-state index contributed by atoms with van der Waals surface area (Å²) < 4.78 is 28.8. The molecule has 0 aliphatic heterocycles. The zero-order valence-corrected chi connectivity index (χ0v) is 20.8. The number of hydrogen-bond donors (Lipinski definition) is 2. The van der Waals surface area contributed by atoms with E-state index in [0.717, 1.165) is 30.4 Å². The van der Waals surface area contributed by atoms with Crippen molar-refractivity contribution in [3.63, 3.8) is 0 Å². The van der Waals surface area contributed by atoms with Crippen molar-refractivity contribution in [2.24, 2.45) is 0 Å². The Kier molecular flexibility index (Phi) is 7.08. The number of nitrogens with one attached hydrogen (secondary N) is 2. The molecule has 3 aromatic rings. The zero-order valence-electron chi connectivity index (χ0n) is 20.0. The molecular weight excluding hydrogens is 444 g/mol. The van der Waals surface area contributed by atoms with Crippen LogP contribution < -0.4 is 10.0 Å². The van der Waals surface area contributed by atoms with Crippen LogP contribution >= 0.6 is 0 Å². The highest BCUT2D eigenvalue weighted by molar-refractivity contribution is 7.92. The van der Waals surface area contributed by atoms with Crippen LogP contribution in [0.5, 0.6) is 0 Å². The molecule has 34 heavy (non-hydrogen) atoms. The SMILES string of the molecule is CCC(NC(=O)c1ccc(C)c(S(=O)(=O)Nc2cccc(C)c2)c1)c1ccc2c(c1)CCCC2. The third-order valence-electron chi connectivity index (χ3n) is 6.50. The van der Waals surface area contributed by atoms with Gasteiger partial charge in [-0.3, -0.25) is 9.52 Å². The van der Waals surface area contributed by atoms with Crippen molar-refractivity contribution in [2.45, 2.75) is 63.8 Å². The van der Waals surface area contributed by atoms with Crippen LogP contribution in [-0.2, 0) is 22.9 Å². The van der Waals surface area contributed by atoms with E-state index >= 15 is 0 Å². The normalized spacial score (nSPS) is 14.2. The first-order chi connectivity index (χ1) is 16.3.